The molecule has 0 radical (unpaired) electrons. The smallest absolute Gasteiger partial charge is 0.478 e. The highest BCUT2D eigenvalue weighted by atomic mass is 19.3. The Hall–Kier alpha value is -3.74. The maximum Gasteiger partial charge on any atom is 0.586 e. The number of Topliss-reactive ketones (excluding diaryl/α,β-unsaturated/α-hetero) is 1. The normalized spacial score (nSPS) is 16.8. The van der Waals surface area contributed by atoms with Crippen LogP contribution in [0, 0.1) is 13.8 Å². The molecule has 0 unspecified atom stereocenters. The zero-order chi connectivity index (χ0) is 24.3. The van der Waals surface area contributed by atoms with E-state index in [1.165, 1.54) is 12.1 Å². The van der Waals surface area contributed by atoms with Crippen LogP contribution < -0.4 is 9.47 Å². The number of ketones is 1. The van der Waals surface area contributed by atoms with Crippen LogP contribution >= 0.6 is 0 Å². The molecule has 0 bridgehead atoms. The molecule has 0 spiro atoms. The molecule has 0 atom stereocenters. The van der Waals surface area contributed by atoms with E-state index in [9.17, 15) is 23.5 Å². The molecule has 3 aromatic carbocycles. The van der Waals surface area contributed by atoms with Crippen LogP contribution in [-0.2, 0) is 16.6 Å². The Labute approximate surface area is 194 Å². The lowest BCUT2D eigenvalue weighted by Crippen LogP contribution is -2.26. The molecule has 1 saturated carbocycles. The Morgan fingerprint density at radius 3 is 2.38 bits per heavy atom. The number of alkyl halides is 2. The number of aryl methyl sites for hydroxylation is 1. The van der Waals surface area contributed by atoms with Gasteiger partial charge in [0.25, 0.3) is 0 Å². The number of carboxylic acid groups (broad SMARTS) is 1. The average Bonchev–Trinajstić information content (AvgIpc) is 3.52. The van der Waals surface area contributed by atoms with Crippen molar-refractivity contribution in [1.82, 2.24) is 0 Å². The summed E-state index contributed by atoms with van der Waals surface area (Å²) in [6.45, 7) is 3.72. The van der Waals surface area contributed by atoms with Gasteiger partial charge in [-0.15, -0.1) is 8.78 Å². The van der Waals surface area contributed by atoms with Gasteiger partial charge in [0, 0.05) is 6.42 Å². The van der Waals surface area contributed by atoms with Gasteiger partial charge in [-0.25, -0.2) is 4.79 Å². The van der Waals surface area contributed by atoms with Crippen molar-refractivity contribution in [1.29, 1.82) is 0 Å². The molecule has 1 aliphatic carbocycles. The predicted molar refractivity (Wildman–Crippen MR) is 121 cm³/mol. The first-order chi connectivity index (χ1) is 16.1. The van der Waals surface area contributed by atoms with Crippen molar-refractivity contribution >= 4 is 11.8 Å². The first-order valence-electron chi connectivity index (χ1n) is 11.0. The summed E-state index contributed by atoms with van der Waals surface area (Å²) in [7, 11) is 0. The molecule has 1 N–H and O–H groups in total. The molecule has 5 nitrogen and oxygen atoms in total. The van der Waals surface area contributed by atoms with Crippen molar-refractivity contribution in [3.05, 3.63) is 82.4 Å². The first kappa shape index (κ1) is 22.1. The first-order valence-corrected chi connectivity index (χ1v) is 11.0. The number of ether oxygens (including phenoxy) is 2. The molecule has 1 heterocycles. The van der Waals surface area contributed by atoms with Crippen molar-refractivity contribution in [3.63, 3.8) is 0 Å². The quantitative estimate of drug-likeness (QED) is 0.497. The number of carboxylic acids is 1. The molecule has 0 saturated heterocycles. The molecule has 5 rings (SSSR count). The van der Waals surface area contributed by atoms with Crippen molar-refractivity contribution in [3.8, 4) is 22.6 Å². The van der Waals surface area contributed by atoms with E-state index in [4.69, 9.17) is 0 Å². The number of carbonyl (C=O) groups is 2. The third-order valence-electron chi connectivity index (χ3n) is 6.76. The SMILES string of the molecule is Cc1ccc(CC(=O)C2(c3ccc4c(c3)OC(F)(F)O4)CC2)cc1-c1cccc(C(=O)O)c1C. The maximum absolute atomic E-state index is 13.4. The average molecular weight is 464 g/mol. The second-order valence-corrected chi connectivity index (χ2v) is 8.94. The molecule has 2 aliphatic rings. The lowest BCUT2D eigenvalue weighted by Gasteiger charge is -2.17. The van der Waals surface area contributed by atoms with Gasteiger partial charge >= 0.3 is 12.3 Å². The minimum Gasteiger partial charge on any atom is -0.478 e. The third-order valence-corrected chi connectivity index (χ3v) is 6.76. The van der Waals surface area contributed by atoms with E-state index in [1.807, 2.05) is 31.2 Å². The largest absolute Gasteiger partial charge is 0.586 e. The van der Waals surface area contributed by atoms with Gasteiger partial charge in [0.1, 0.15) is 5.78 Å². The van der Waals surface area contributed by atoms with Crippen molar-refractivity contribution in [2.45, 2.75) is 44.8 Å². The van der Waals surface area contributed by atoms with Crippen molar-refractivity contribution < 1.29 is 33.0 Å². The number of hydrogen-bond donors (Lipinski definition) is 1. The van der Waals surface area contributed by atoms with Gasteiger partial charge in [0.15, 0.2) is 11.5 Å². The lowest BCUT2D eigenvalue weighted by molar-refractivity contribution is -0.286. The molecule has 174 valence electrons. The van der Waals surface area contributed by atoms with Crippen molar-refractivity contribution in [2.24, 2.45) is 0 Å². The van der Waals surface area contributed by atoms with Crippen LogP contribution in [0.4, 0.5) is 8.78 Å². The van der Waals surface area contributed by atoms with E-state index >= 15 is 0 Å². The van der Waals surface area contributed by atoms with Crippen LogP contribution in [-0.4, -0.2) is 23.2 Å². The van der Waals surface area contributed by atoms with E-state index in [0.29, 0.717) is 24.0 Å². The summed E-state index contributed by atoms with van der Waals surface area (Å²) < 4.78 is 35.8. The number of halogens is 2. The zero-order valence-electron chi connectivity index (χ0n) is 18.7. The highest BCUT2D eigenvalue weighted by Gasteiger charge is 2.52. The van der Waals surface area contributed by atoms with Gasteiger partial charge in [-0.2, -0.15) is 0 Å². The minimum atomic E-state index is -3.70. The fraction of sp³-hybridized carbons (Fsp3) is 0.259. The molecule has 0 amide bonds. The molecule has 1 fully saturated rings. The molecule has 1 aliphatic heterocycles. The van der Waals surface area contributed by atoms with E-state index in [-0.39, 0.29) is 29.3 Å². The molecule has 0 aromatic heterocycles. The standard InChI is InChI=1S/C27H22F2O5/c1-15-6-7-17(12-21(15)19-4-3-5-20(16(19)2)25(31)32)13-24(30)26(10-11-26)18-8-9-22-23(14-18)34-27(28,29)33-22/h3-9,12,14H,10-11,13H2,1-2H3,(H,31,32). The summed E-state index contributed by atoms with van der Waals surface area (Å²) in [6.07, 6.45) is -2.24. The van der Waals surface area contributed by atoms with Crippen molar-refractivity contribution in [2.75, 3.05) is 0 Å². The monoisotopic (exact) mass is 464 g/mol. The molecular formula is C27H22F2O5. The van der Waals surface area contributed by atoms with Gasteiger partial charge in [-0.3, -0.25) is 4.79 Å². The fourth-order valence-electron chi connectivity index (χ4n) is 4.68. The van der Waals surface area contributed by atoms with Crippen LogP contribution in [0.25, 0.3) is 11.1 Å². The topological polar surface area (TPSA) is 72.8 Å². The number of hydrogen-bond acceptors (Lipinski definition) is 4. The van der Waals surface area contributed by atoms with E-state index in [0.717, 1.165) is 22.3 Å². The summed E-state index contributed by atoms with van der Waals surface area (Å²) >= 11 is 0. The summed E-state index contributed by atoms with van der Waals surface area (Å²) in [5, 5.41) is 9.47. The number of fused-ring (bicyclic) bond motifs is 1. The van der Waals surface area contributed by atoms with E-state index in [1.54, 1.807) is 25.1 Å². The highest BCUT2D eigenvalue weighted by molar-refractivity contribution is 5.95. The van der Waals surface area contributed by atoms with Gasteiger partial charge in [-0.05, 0) is 78.3 Å². The molecular weight excluding hydrogens is 442 g/mol. The van der Waals surface area contributed by atoms with Gasteiger partial charge in [-0.1, -0.05) is 36.4 Å². The highest BCUT2D eigenvalue weighted by Crippen LogP contribution is 2.52. The maximum atomic E-state index is 13.4. The number of carbonyl (C=O) groups excluding carboxylic acids is 1. The van der Waals surface area contributed by atoms with Crippen LogP contribution in [0.5, 0.6) is 11.5 Å². The number of aromatic carboxylic acids is 1. The third kappa shape index (κ3) is 3.71. The van der Waals surface area contributed by atoms with Gasteiger partial charge in [0.2, 0.25) is 0 Å². The number of rotatable bonds is 6. The second-order valence-electron chi connectivity index (χ2n) is 8.94. The van der Waals surface area contributed by atoms with Gasteiger partial charge in [0.05, 0.1) is 11.0 Å². The Balaban J connectivity index is 1.43. The Bertz CT molecular complexity index is 1340. The van der Waals surface area contributed by atoms with Gasteiger partial charge < -0.3 is 14.6 Å². The number of benzene rings is 3. The Kier molecular flexibility index (Phi) is 4.97. The summed E-state index contributed by atoms with van der Waals surface area (Å²) in [5.74, 6) is -1.09. The van der Waals surface area contributed by atoms with E-state index in [2.05, 4.69) is 9.47 Å². The van der Waals surface area contributed by atoms with Crippen LogP contribution in [0.15, 0.2) is 54.6 Å². The van der Waals surface area contributed by atoms with E-state index < -0.39 is 17.7 Å². The molecule has 7 heteroatoms. The Morgan fingerprint density at radius 1 is 0.941 bits per heavy atom. The zero-order valence-corrected chi connectivity index (χ0v) is 18.7. The summed E-state index contributed by atoms with van der Waals surface area (Å²) in [6, 6.07) is 15.4. The van der Waals surface area contributed by atoms with Crippen LogP contribution in [0.1, 0.15) is 45.5 Å². The summed E-state index contributed by atoms with van der Waals surface area (Å²) in [4.78, 5) is 24.9. The fourth-order valence-corrected chi connectivity index (χ4v) is 4.68. The predicted octanol–water partition coefficient (Wildman–Crippen LogP) is 5.83. The lowest BCUT2D eigenvalue weighted by atomic mass is 9.86. The second kappa shape index (κ2) is 7.65. The van der Waals surface area contributed by atoms with Crippen LogP contribution in [0.2, 0.25) is 0 Å². The summed E-state index contributed by atoms with van der Waals surface area (Å²) in [5.41, 5.74) is 4.30. The molecule has 34 heavy (non-hydrogen) atoms. The van der Waals surface area contributed by atoms with Crippen LogP contribution in [0.3, 0.4) is 0 Å². The molecule has 3 aromatic rings. The minimum absolute atomic E-state index is 0.00365. The Morgan fingerprint density at radius 2 is 1.68 bits per heavy atom.